The Balaban J connectivity index is 0.00000272. The fourth-order valence-electron chi connectivity index (χ4n) is 3.97. The first-order valence-corrected chi connectivity index (χ1v) is 11.2. The molecule has 0 spiro atoms. The van der Waals surface area contributed by atoms with Crippen LogP contribution in [-0.4, -0.2) is 68.2 Å². The van der Waals surface area contributed by atoms with Crippen molar-refractivity contribution in [3.8, 4) is 0 Å². The van der Waals surface area contributed by atoms with Crippen molar-refractivity contribution in [2.45, 2.75) is 19.4 Å². The van der Waals surface area contributed by atoms with E-state index in [1.807, 2.05) is 24.3 Å². The van der Waals surface area contributed by atoms with Crippen LogP contribution in [0.15, 0.2) is 52.1 Å². The van der Waals surface area contributed by atoms with E-state index in [4.69, 9.17) is 25.7 Å². The van der Waals surface area contributed by atoms with Gasteiger partial charge in [0.2, 0.25) is 0 Å². The van der Waals surface area contributed by atoms with Crippen LogP contribution in [0.5, 0.6) is 0 Å². The molecule has 1 aromatic heterocycles. The molecule has 170 valence electrons. The van der Waals surface area contributed by atoms with Crippen LogP contribution >= 0.6 is 35.6 Å². The molecule has 0 radical (unpaired) electrons. The molecule has 1 aromatic carbocycles. The van der Waals surface area contributed by atoms with Gasteiger partial charge in [0.1, 0.15) is 5.76 Å². The molecule has 3 heterocycles. The molecule has 8 heteroatoms. The molecule has 0 saturated carbocycles. The first-order valence-electron chi connectivity index (χ1n) is 10.9. The maximum absolute atomic E-state index is 6.13. The summed E-state index contributed by atoms with van der Waals surface area (Å²) < 4.78 is 11.0. The third-order valence-electron chi connectivity index (χ3n) is 5.72. The molecule has 2 aromatic rings. The molecule has 0 amide bonds. The predicted octanol–water partition coefficient (Wildman–Crippen LogP) is 3.89. The van der Waals surface area contributed by atoms with Gasteiger partial charge in [0, 0.05) is 69.8 Å². The van der Waals surface area contributed by atoms with Gasteiger partial charge in [0.25, 0.3) is 0 Å². The predicted molar refractivity (Wildman–Crippen MR) is 135 cm³/mol. The molecule has 1 unspecified atom stereocenters. The summed E-state index contributed by atoms with van der Waals surface area (Å²) in [5.74, 6) is 2.55. The largest absolute Gasteiger partial charge is 0.469 e. The molecule has 2 fully saturated rings. The topological polar surface area (TPSA) is 53.2 Å². The molecule has 1 atom stereocenters. The van der Waals surface area contributed by atoms with Gasteiger partial charge in [-0.2, -0.15) is 0 Å². The molecule has 1 N–H and O–H groups in total. The van der Waals surface area contributed by atoms with Crippen molar-refractivity contribution in [3.05, 3.63) is 59.0 Å². The normalized spacial score (nSPS) is 20.0. The Morgan fingerprint density at radius 3 is 2.74 bits per heavy atom. The maximum Gasteiger partial charge on any atom is 0.194 e. The molecule has 0 bridgehead atoms. The molecule has 4 rings (SSSR count). The molecular formula is C23H32ClIN4O2. The van der Waals surface area contributed by atoms with Gasteiger partial charge in [-0.3, -0.25) is 9.89 Å². The SMILES string of the molecule is Clc1cccc(CN2CCN(C(=NCC3CCOC3)NCCc3ccco3)CC2)c1.I. The van der Waals surface area contributed by atoms with Crippen molar-refractivity contribution in [1.29, 1.82) is 0 Å². The highest BCUT2D eigenvalue weighted by Gasteiger charge is 2.21. The third kappa shape index (κ3) is 7.66. The van der Waals surface area contributed by atoms with E-state index in [2.05, 4.69) is 27.2 Å². The Morgan fingerprint density at radius 2 is 2.03 bits per heavy atom. The van der Waals surface area contributed by atoms with Crippen LogP contribution in [0.2, 0.25) is 5.02 Å². The standard InChI is InChI=1S/C23H31ClN4O2.HI/c24-21-4-1-3-19(15-21)17-27-9-11-28(12-10-27)23(26-16-20-7-14-29-18-20)25-8-6-22-5-2-13-30-22;/h1-5,13,15,20H,6-12,14,16-18H2,(H,25,26);1H. The van der Waals surface area contributed by atoms with E-state index in [1.54, 1.807) is 6.26 Å². The van der Waals surface area contributed by atoms with Crippen LogP contribution in [0.1, 0.15) is 17.7 Å². The number of rotatable bonds is 7. The molecule has 31 heavy (non-hydrogen) atoms. The molecule has 2 aliphatic rings. The summed E-state index contributed by atoms with van der Waals surface area (Å²) in [6.07, 6.45) is 3.69. The van der Waals surface area contributed by atoms with Gasteiger partial charge in [0.05, 0.1) is 12.9 Å². The lowest BCUT2D eigenvalue weighted by atomic mass is 10.1. The summed E-state index contributed by atoms with van der Waals surface area (Å²) in [4.78, 5) is 9.81. The number of aliphatic imine (C=N–C) groups is 1. The number of nitrogens with one attached hydrogen (secondary N) is 1. The van der Waals surface area contributed by atoms with Crippen LogP contribution in [-0.2, 0) is 17.7 Å². The summed E-state index contributed by atoms with van der Waals surface area (Å²) in [5.41, 5.74) is 1.27. The second kappa shape index (κ2) is 12.7. The molecule has 2 aliphatic heterocycles. The zero-order valence-electron chi connectivity index (χ0n) is 17.8. The highest BCUT2D eigenvalue weighted by molar-refractivity contribution is 14.0. The number of hydrogen-bond donors (Lipinski definition) is 1. The quantitative estimate of drug-likeness (QED) is 0.318. The van der Waals surface area contributed by atoms with E-state index in [-0.39, 0.29) is 24.0 Å². The van der Waals surface area contributed by atoms with Crippen LogP contribution in [0.25, 0.3) is 0 Å². The third-order valence-corrected chi connectivity index (χ3v) is 5.96. The van der Waals surface area contributed by atoms with E-state index in [9.17, 15) is 0 Å². The van der Waals surface area contributed by atoms with Crippen molar-refractivity contribution in [2.24, 2.45) is 10.9 Å². The monoisotopic (exact) mass is 558 g/mol. The van der Waals surface area contributed by atoms with Gasteiger partial charge in [-0.05, 0) is 36.2 Å². The van der Waals surface area contributed by atoms with Gasteiger partial charge < -0.3 is 19.4 Å². The minimum absolute atomic E-state index is 0. The van der Waals surface area contributed by atoms with Crippen LogP contribution < -0.4 is 5.32 Å². The second-order valence-electron chi connectivity index (χ2n) is 8.04. The number of furan rings is 1. The lowest BCUT2D eigenvalue weighted by Gasteiger charge is -2.36. The number of halogens is 2. The van der Waals surface area contributed by atoms with Crippen LogP contribution in [0.3, 0.4) is 0 Å². The van der Waals surface area contributed by atoms with E-state index < -0.39 is 0 Å². The van der Waals surface area contributed by atoms with Crippen LogP contribution in [0, 0.1) is 5.92 Å². The zero-order chi connectivity index (χ0) is 20.6. The molecular weight excluding hydrogens is 527 g/mol. The van der Waals surface area contributed by atoms with Gasteiger partial charge in [-0.1, -0.05) is 23.7 Å². The summed E-state index contributed by atoms with van der Waals surface area (Å²) in [6.45, 7) is 8.23. The highest BCUT2D eigenvalue weighted by atomic mass is 127. The summed E-state index contributed by atoms with van der Waals surface area (Å²) >= 11 is 6.13. The maximum atomic E-state index is 6.13. The smallest absolute Gasteiger partial charge is 0.194 e. The van der Waals surface area contributed by atoms with E-state index >= 15 is 0 Å². The Morgan fingerprint density at radius 1 is 1.16 bits per heavy atom. The number of nitrogens with zero attached hydrogens (tertiary/aromatic N) is 3. The van der Waals surface area contributed by atoms with Crippen molar-refractivity contribution < 1.29 is 9.15 Å². The van der Waals surface area contributed by atoms with Gasteiger partial charge in [-0.15, -0.1) is 24.0 Å². The number of benzene rings is 1. The van der Waals surface area contributed by atoms with E-state index in [1.165, 1.54) is 5.56 Å². The molecule has 6 nitrogen and oxygen atoms in total. The Kier molecular flexibility index (Phi) is 9.95. The van der Waals surface area contributed by atoms with Gasteiger partial charge in [0.15, 0.2) is 5.96 Å². The summed E-state index contributed by atoms with van der Waals surface area (Å²) in [6, 6.07) is 12.1. The lowest BCUT2D eigenvalue weighted by Crippen LogP contribution is -2.52. The van der Waals surface area contributed by atoms with Crippen LogP contribution in [0.4, 0.5) is 0 Å². The van der Waals surface area contributed by atoms with Gasteiger partial charge in [-0.25, -0.2) is 0 Å². The second-order valence-corrected chi connectivity index (χ2v) is 8.48. The fraction of sp³-hybridized carbons (Fsp3) is 0.522. The van der Waals surface area contributed by atoms with Crippen molar-refractivity contribution in [2.75, 3.05) is 52.5 Å². The number of ether oxygens (including phenoxy) is 1. The highest BCUT2D eigenvalue weighted by Crippen LogP contribution is 2.15. The number of piperazine rings is 1. The first-order chi connectivity index (χ1) is 14.8. The molecule has 2 saturated heterocycles. The van der Waals surface area contributed by atoms with Crippen molar-refractivity contribution in [3.63, 3.8) is 0 Å². The zero-order valence-corrected chi connectivity index (χ0v) is 20.9. The minimum Gasteiger partial charge on any atom is -0.469 e. The van der Waals surface area contributed by atoms with Gasteiger partial charge >= 0.3 is 0 Å². The van der Waals surface area contributed by atoms with Crippen molar-refractivity contribution in [1.82, 2.24) is 15.1 Å². The lowest BCUT2D eigenvalue weighted by molar-refractivity contribution is 0.172. The molecule has 0 aliphatic carbocycles. The average molecular weight is 559 g/mol. The Bertz CT molecular complexity index is 804. The Labute approximate surface area is 207 Å². The minimum atomic E-state index is 0. The summed E-state index contributed by atoms with van der Waals surface area (Å²) in [5, 5.41) is 4.37. The summed E-state index contributed by atoms with van der Waals surface area (Å²) in [7, 11) is 0. The van der Waals surface area contributed by atoms with Crippen molar-refractivity contribution >= 4 is 41.5 Å². The average Bonchev–Trinajstić information content (AvgIpc) is 3.46. The number of hydrogen-bond acceptors (Lipinski definition) is 4. The van der Waals surface area contributed by atoms with E-state index in [0.717, 1.165) is 88.6 Å². The number of guanidine groups is 1. The first kappa shape index (κ1) is 24.4. The Hall–Kier alpha value is -1.29. The fourth-order valence-corrected chi connectivity index (χ4v) is 4.19. The van der Waals surface area contributed by atoms with E-state index in [0.29, 0.717) is 5.92 Å².